The van der Waals surface area contributed by atoms with E-state index in [0.29, 0.717) is 12.0 Å². The fourth-order valence-corrected chi connectivity index (χ4v) is 3.30. The van der Waals surface area contributed by atoms with E-state index in [1.54, 1.807) is 26.0 Å². The highest BCUT2D eigenvalue weighted by Crippen LogP contribution is 2.22. The molecule has 1 atom stereocenters. The minimum Gasteiger partial charge on any atom is -0.222 e. The second kappa shape index (κ2) is 4.67. The summed E-state index contributed by atoms with van der Waals surface area (Å²) in [5.41, 5.74) is 1.58. The first kappa shape index (κ1) is 12.7. The Morgan fingerprint density at radius 3 is 2.50 bits per heavy atom. The first-order chi connectivity index (χ1) is 7.43. The Morgan fingerprint density at radius 1 is 1.38 bits per heavy atom. The minimum atomic E-state index is -3.52. The van der Waals surface area contributed by atoms with Crippen molar-refractivity contribution in [3.05, 3.63) is 29.3 Å². The standard InChI is InChI=1S/C12H15NO2S/c1-4-11(8-13)16(14,15)12-7-9(2)5-6-10(12)3/h5-7,11H,4H2,1-3H3. The zero-order chi connectivity index (χ0) is 12.3. The van der Waals surface area contributed by atoms with Gasteiger partial charge in [-0.2, -0.15) is 5.26 Å². The molecule has 0 fully saturated rings. The third-order valence-corrected chi connectivity index (χ3v) is 4.78. The predicted molar refractivity (Wildman–Crippen MR) is 62.8 cm³/mol. The van der Waals surface area contributed by atoms with Gasteiger partial charge in [-0.25, -0.2) is 8.42 Å². The third-order valence-electron chi connectivity index (χ3n) is 2.54. The Hall–Kier alpha value is -1.34. The maximum Gasteiger partial charge on any atom is 0.194 e. The molecule has 1 rings (SSSR count). The molecule has 0 radical (unpaired) electrons. The van der Waals surface area contributed by atoms with Crippen molar-refractivity contribution in [1.29, 1.82) is 5.26 Å². The lowest BCUT2D eigenvalue weighted by atomic mass is 10.2. The van der Waals surface area contributed by atoms with Gasteiger partial charge in [-0.1, -0.05) is 19.1 Å². The molecule has 0 heterocycles. The molecule has 0 aliphatic heterocycles. The number of hydrogen-bond donors (Lipinski definition) is 0. The van der Waals surface area contributed by atoms with Crippen LogP contribution in [0.4, 0.5) is 0 Å². The van der Waals surface area contributed by atoms with Gasteiger partial charge in [0.25, 0.3) is 0 Å². The summed E-state index contributed by atoms with van der Waals surface area (Å²) in [6, 6.07) is 7.11. The number of hydrogen-bond acceptors (Lipinski definition) is 3. The van der Waals surface area contributed by atoms with E-state index in [1.807, 2.05) is 19.1 Å². The van der Waals surface area contributed by atoms with E-state index in [9.17, 15) is 8.42 Å². The van der Waals surface area contributed by atoms with Crippen molar-refractivity contribution in [2.45, 2.75) is 37.3 Å². The van der Waals surface area contributed by atoms with E-state index in [-0.39, 0.29) is 4.90 Å². The van der Waals surface area contributed by atoms with Gasteiger partial charge in [0.1, 0.15) is 0 Å². The van der Waals surface area contributed by atoms with Crippen molar-refractivity contribution in [2.75, 3.05) is 0 Å². The SMILES string of the molecule is CCC(C#N)S(=O)(=O)c1cc(C)ccc1C. The van der Waals surface area contributed by atoms with Gasteiger partial charge >= 0.3 is 0 Å². The molecule has 0 bridgehead atoms. The van der Waals surface area contributed by atoms with Crippen molar-refractivity contribution < 1.29 is 8.42 Å². The molecule has 4 heteroatoms. The normalized spacial score (nSPS) is 13.1. The van der Waals surface area contributed by atoms with Gasteiger partial charge in [0.05, 0.1) is 11.0 Å². The third kappa shape index (κ3) is 2.25. The van der Waals surface area contributed by atoms with Crippen LogP contribution in [0.1, 0.15) is 24.5 Å². The Kier molecular flexibility index (Phi) is 3.71. The van der Waals surface area contributed by atoms with Crippen LogP contribution in [0.15, 0.2) is 23.1 Å². The van der Waals surface area contributed by atoms with Crippen LogP contribution in [-0.2, 0) is 9.84 Å². The highest BCUT2D eigenvalue weighted by Gasteiger charge is 2.27. The molecule has 0 saturated heterocycles. The summed E-state index contributed by atoms with van der Waals surface area (Å²) in [6.07, 6.45) is 0.312. The van der Waals surface area contributed by atoms with Crippen molar-refractivity contribution in [1.82, 2.24) is 0 Å². The summed E-state index contributed by atoms with van der Waals surface area (Å²) in [5.74, 6) is 0. The lowest BCUT2D eigenvalue weighted by Crippen LogP contribution is -2.19. The van der Waals surface area contributed by atoms with Gasteiger partial charge < -0.3 is 0 Å². The Bertz CT molecular complexity index is 526. The lowest BCUT2D eigenvalue weighted by molar-refractivity contribution is 0.586. The van der Waals surface area contributed by atoms with Crippen molar-refractivity contribution >= 4 is 9.84 Å². The van der Waals surface area contributed by atoms with Crippen LogP contribution in [-0.4, -0.2) is 13.7 Å². The molecule has 1 unspecified atom stereocenters. The number of aryl methyl sites for hydroxylation is 2. The zero-order valence-electron chi connectivity index (χ0n) is 9.69. The maximum atomic E-state index is 12.1. The average Bonchev–Trinajstić information content (AvgIpc) is 2.23. The van der Waals surface area contributed by atoms with Crippen LogP contribution in [0.25, 0.3) is 0 Å². The minimum absolute atomic E-state index is 0.279. The monoisotopic (exact) mass is 237 g/mol. The quantitative estimate of drug-likeness (QED) is 0.811. The maximum absolute atomic E-state index is 12.1. The van der Waals surface area contributed by atoms with Crippen LogP contribution < -0.4 is 0 Å². The summed E-state index contributed by atoms with van der Waals surface area (Å²) in [5, 5.41) is 7.90. The molecule has 3 nitrogen and oxygen atoms in total. The molecule has 0 aromatic heterocycles. The fourth-order valence-electron chi connectivity index (χ4n) is 1.55. The van der Waals surface area contributed by atoms with E-state index in [0.717, 1.165) is 5.56 Å². The molecule has 0 aliphatic carbocycles. The van der Waals surface area contributed by atoms with Crippen LogP contribution in [0.2, 0.25) is 0 Å². The van der Waals surface area contributed by atoms with Crippen molar-refractivity contribution in [3.63, 3.8) is 0 Å². The second-order valence-corrected chi connectivity index (χ2v) is 5.94. The molecule has 0 saturated carbocycles. The van der Waals surface area contributed by atoms with E-state index < -0.39 is 15.1 Å². The summed E-state index contributed by atoms with van der Waals surface area (Å²) in [6.45, 7) is 5.29. The molecular weight excluding hydrogens is 222 g/mol. The van der Waals surface area contributed by atoms with Gasteiger partial charge in [0, 0.05) is 0 Å². The van der Waals surface area contributed by atoms with Gasteiger partial charge in [-0.3, -0.25) is 0 Å². The number of sulfone groups is 1. The molecule has 1 aromatic rings. The lowest BCUT2D eigenvalue weighted by Gasteiger charge is -2.11. The Labute approximate surface area is 96.6 Å². The highest BCUT2D eigenvalue weighted by atomic mass is 32.2. The summed E-state index contributed by atoms with van der Waals surface area (Å²) in [7, 11) is -3.52. The van der Waals surface area contributed by atoms with Crippen molar-refractivity contribution in [2.24, 2.45) is 0 Å². The summed E-state index contributed by atoms with van der Waals surface area (Å²) < 4.78 is 24.3. The predicted octanol–water partition coefficient (Wildman–Crippen LogP) is 2.38. The molecule has 86 valence electrons. The van der Waals surface area contributed by atoms with Gasteiger partial charge in [-0.05, 0) is 37.5 Å². The topological polar surface area (TPSA) is 57.9 Å². The number of nitriles is 1. The second-order valence-electron chi connectivity index (χ2n) is 3.84. The van der Waals surface area contributed by atoms with E-state index in [4.69, 9.17) is 5.26 Å². The van der Waals surface area contributed by atoms with Gasteiger partial charge in [0.15, 0.2) is 15.1 Å². The Morgan fingerprint density at radius 2 is 2.00 bits per heavy atom. The molecule has 16 heavy (non-hydrogen) atoms. The number of rotatable bonds is 3. The smallest absolute Gasteiger partial charge is 0.194 e. The average molecular weight is 237 g/mol. The van der Waals surface area contributed by atoms with Gasteiger partial charge in [0.2, 0.25) is 0 Å². The van der Waals surface area contributed by atoms with Gasteiger partial charge in [-0.15, -0.1) is 0 Å². The first-order valence-electron chi connectivity index (χ1n) is 5.14. The molecular formula is C12H15NO2S. The van der Waals surface area contributed by atoms with Crippen LogP contribution in [0, 0.1) is 25.2 Å². The number of benzene rings is 1. The molecule has 0 amide bonds. The highest BCUT2D eigenvalue weighted by molar-refractivity contribution is 7.92. The van der Waals surface area contributed by atoms with Crippen molar-refractivity contribution in [3.8, 4) is 6.07 Å². The summed E-state index contributed by atoms with van der Waals surface area (Å²) in [4.78, 5) is 0.279. The van der Waals surface area contributed by atoms with Crippen LogP contribution >= 0.6 is 0 Å². The number of nitrogens with zero attached hydrogens (tertiary/aromatic N) is 1. The zero-order valence-corrected chi connectivity index (χ0v) is 10.5. The first-order valence-corrected chi connectivity index (χ1v) is 6.69. The molecule has 1 aromatic carbocycles. The van der Waals surface area contributed by atoms with Crippen LogP contribution in [0.3, 0.4) is 0 Å². The summed E-state index contributed by atoms with van der Waals surface area (Å²) >= 11 is 0. The Balaban J connectivity index is 3.39. The largest absolute Gasteiger partial charge is 0.222 e. The van der Waals surface area contributed by atoms with E-state index in [2.05, 4.69) is 0 Å². The fraction of sp³-hybridized carbons (Fsp3) is 0.417. The molecule has 0 N–H and O–H groups in total. The van der Waals surface area contributed by atoms with E-state index >= 15 is 0 Å². The molecule has 0 spiro atoms. The van der Waals surface area contributed by atoms with Crippen LogP contribution in [0.5, 0.6) is 0 Å². The molecule has 0 aliphatic rings. The van der Waals surface area contributed by atoms with E-state index in [1.165, 1.54) is 0 Å².